The molecule has 0 spiro atoms. The number of carbonyl (C=O) groups excluding carboxylic acids is 1. The Morgan fingerprint density at radius 3 is 2.58 bits per heavy atom. The van der Waals surface area contributed by atoms with Gasteiger partial charge in [-0.05, 0) is 49.2 Å². The van der Waals surface area contributed by atoms with Crippen molar-refractivity contribution >= 4 is 5.91 Å². The Labute approximate surface area is 140 Å². The third-order valence-electron chi connectivity index (χ3n) is 4.57. The molecule has 0 saturated carbocycles. The van der Waals surface area contributed by atoms with E-state index in [-0.39, 0.29) is 11.9 Å². The van der Waals surface area contributed by atoms with E-state index in [0.29, 0.717) is 5.56 Å². The van der Waals surface area contributed by atoms with E-state index >= 15 is 0 Å². The van der Waals surface area contributed by atoms with Crippen molar-refractivity contribution in [1.29, 1.82) is 0 Å². The number of hydrogen-bond acceptors (Lipinski definition) is 3. The van der Waals surface area contributed by atoms with E-state index in [9.17, 15) is 4.79 Å². The molecule has 1 aromatic carbocycles. The molecule has 6 heteroatoms. The number of rotatable bonds is 3. The van der Waals surface area contributed by atoms with E-state index in [1.165, 1.54) is 0 Å². The highest BCUT2D eigenvalue weighted by Gasteiger charge is 2.33. The minimum Gasteiger partial charge on any atom is -0.328 e. The van der Waals surface area contributed by atoms with Crippen LogP contribution in [0.15, 0.2) is 55.1 Å². The lowest BCUT2D eigenvalue weighted by Crippen LogP contribution is -2.31. The van der Waals surface area contributed by atoms with Crippen molar-refractivity contribution < 1.29 is 4.79 Å². The van der Waals surface area contributed by atoms with Gasteiger partial charge in [-0.2, -0.15) is 0 Å². The molecule has 122 valence electrons. The zero-order valence-electron chi connectivity index (χ0n) is 13.5. The maximum atomic E-state index is 12.9. The number of aryl methyl sites for hydroxylation is 1. The molecule has 0 bridgehead atoms. The van der Waals surface area contributed by atoms with Crippen LogP contribution >= 0.6 is 0 Å². The Balaban J connectivity index is 1.58. The van der Waals surface area contributed by atoms with Gasteiger partial charge in [0.2, 0.25) is 0 Å². The highest BCUT2D eigenvalue weighted by Crippen LogP contribution is 2.31. The first-order chi connectivity index (χ1) is 11.7. The molecule has 0 N–H and O–H groups in total. The van der Waals surface area contributed by atoms with Gasteiger partial charge in [-0.1, -0.05) is 0 Å². The van der Waals surface area contributed by atoms with Gasteiger partial charge >= 0.3 is 0 Å². The van der Waals surface area contributed by atoms with Gasteiger partial charge in [0.1, 0.15) is 6.33 Å². The molecular formula is C18H19N5O. The van der Waals surface area contributed by atoms with Crippen molar-refractivity contribution in [2.45, 2.75) is 18.9 Å². The standard InChI is InChI=1S/C18H19N5O/c1-21-13-19-20-17(21)16-5-4-12-23(16)18(24)14-6-8-15(9-7-14)22-10-2-3-11-22/h2-3,6-11,13,16H,4-5,12H2,1H3. The number of benzene rings is 1. The van der Waals surface area contributed by atoms with Crippen LogP contribution in [-0.4, -0.2) is 36.7 Å². The Morgan fingerprint density at radius 1 is 1.17 bits per heavy atom. The van der Waals surface area contributed by atoms with Gasteiger partial charge in [0, 0.05) is 37.2 Å². The lowest BCUT2D eigenvalue weighted by atomic mass is 10.1. The summed E-state index contributed by atoms with van der Waals surface area (Å²) in [5.41, 5.74) is 1.75. The average molecular weight is 321 g/mol. The predicted molar refractivity (Wildman–Crippen MR) is 89.8 cm³/mol. The smallest absolute Gasteiger partial charge is 0.254 e. The van der Waals surface area contributed by atoms with Gasteiger partial charge in [-0.15, -0.1) is 10.2 Å². The Bertz CT molecular complexity index is 835. The molecular weight excluding hydrogens is 302 g/mol. The minimum atomic E-state index is 0.00845. The van der Waals surface area contributed by atoms with Gasteiger partial charge < -0.3 is 14.0 Å². The van der Waals surface area contributed by atoms with Crippen LogP contribution in [0.4, 0.5) is 0 Å². The molecule has 4 rings (SSSR count). The second-order valence-electron chi connectivity index (χ2n) is 6.09. The van der Waals surface area contributed by atoms with Gasteiger partial charge in [0.05, 0.1) is 6.04 Å². The number of carbonyl (C=O) groups is 1. The van der Waals surface area contributed by atoms with E-state index in [0.717, 1.165) is 30.9 Å². The summed E-state index contributed by atoms with van der Waals surface area (Å²) < 4.78 is 3.91. The van der Waals surface area contributed by atoms with Crippen LogP contribution in [0.1, 0.15) is 35.1 Å². The molecule has 1 aliphatic heterocycles. The van der Waals surface area contributed by atoms with Crippen LogP contribution in [0.3, 0.4) is 0 Å². The summed E-state index contributed by atoms with van der Waals surface area (Å²) >= 11 is 0. The molecule has 1 atom stereocenters. The number of likely N-dealkylation sites (tertiary alicyclic amines) is 1. The maximum Gasteiger partial charge on any atom is 0.254 e. The molecule has 1 aliphatic rings. The van der Waals surface area contributed by atoms with E-state index < -0.39 is 0 Å². The number of hydrogen-bond donors (Lipinski definition) is 0. The summed E-state index contributed by atoms with van der Waals surface area (Å²) in [6, 6.07) is 11.7. The molecule has 24 heavy (non-hydrogen) atoms. The molecule has 0 aliphatic carbocycles. The molecule has 1 fully saturated rings. The monoisotopic (exact) mass is 321 g/mol. The minimum absolute atomic E-state index is 0.00845. The predicted octanol–water partition coefficient (Wildman–Crippen LogP) is 2.58. The molecule has 0 radical (unpaired) electrons. The molecule has 2 aromatic heterocycles. The summed E-state index contributed by atoms with van der Waals surface area (Å²) in [6.45, 7) is 0.760. The van der Waals surface area contributed by atoms with Crippen LogP contribution < -0.4 is 0 Å². The molecule has 1 amide bonds. The summed E-state index contributed by atoms with van der Waals surface area (Å²) in [4.78, 5) is 14.8. The van der Waals surface area contributed by atoms with Crippen molar-refractivity contribution in [3.8, 4) is 5.69 Å². The van der Waals surface area contributed by atoms with Crippen LogP contribution in [0.5, 0.6) is 0 Å². The quantitative estimate of drug-likeness (QED) is 0.745. The largest absolute Gasteiger partial charge is 0.328 e. The molecule has 3 heterocycles. The molecule has 1 saturated heterocycles. The molecule has 1 unspecified atom stereocenters. The summed E-state index contributed by atoms with van der Waals surface area (Å²) in [5.74, 6) is 0.907. The Hall–Kier alpha value is -2.89. The SMILES string of the molecule is Cn1cnnc1C1CCCN1C(=O)c1ccc(-n2cccc2)cc1. The Morgan fingerprint density at radius 2 is 1.92 bits per heavy atom. The number of amides is 1. The van der Waals surface area contributed by atoms with E-state index in [1.54, 1.807) is 6.33 Å². The number of nitrogens with zero attached hydrogens (tertiary/aromatic N) is 5. The highest BCUT2D eigenvalue weighted by atomic mass is 16.2. The third-order valence-corrected chi connectivity index (χ3v) is 4.57. The lowest BCUT2D eigenvalue weighted by Gasteiger charge is -2.24. The van der Waals surface area contributed by atoms with Crippen molar-refractivity contribution in [3.05, 3.63) is 66.5 Å². The molecule has 6 nitrogen and oxygen atoms in total. The van der Waals surface area contributed by atoms with Gasteiger partial charge in [0.15, 0.2) is 5.82 Å². The topological polar surface area (TPSA) is 56.0 Å². The van der Waals surface area contributed by atoms with Crippen LogP contribution in [0, 0.1) is 0 Å². The van der Waals surface area contributed by atoms with Crippen LogP contribution in [0.25, 0.3) is 5.69 Å². The van der Waals surface area contributed by atoms with Crippen molar-refractivity contribution in [2.24, 2.45) is 7.05 Å². The average Bonchev–Trinajstić information content (AvgIpc) is 3.35. The Kier molecular flexibility index (Phi) is 3.65. The third kappa shape index (κ3) is 2.50. The van der Waals surface area contributed by atoms with E-state index in [2.05, 4.69) is 10.2 Å². The first-order valence-corrected chi connectivity index (χ1v) is 8.12. The second-order valence-corrected chi connectivity index (χ2v) is 6.09. The first kappa shape index (κ1) is 14.7. The van der Waals surface area contributed by atoms with E-state index in [1.807, 2.05) is 69.9 Å². The maximum absolute atomic E-state index is 12.9. The second kappa shape index (κ2) is 5.96. The highest BCUT2D eigenvalue weighted by molar-refractivity contribution is 5.94. The fraction of sp³-hybridized carbons (Fsp3) is 0.278. The van der Waals surface area contributed by atoms with Crippen LogP contribution in [0.2, 0.25) is 0 Å². The number of aromatic nitrogens is 4. The molecule has 3 aromatic rings. The fourth-order valence-corrected chi connectivity index (χ4v) is 3.32. The summed E-state index contributed by atoms with van der Waals surface area (Å²) in [6.07, 6.45) is 7.58. The van der Waals surface area contributed by atoms with E-state index in [4.69, 9.17) is 0 Å². The van der Waals surface area contributed by atoms with Gasteiger partial charge in [-0.3, -0.25) is 4.79 Å². The first-order valence-electron chi connectivity index (χ1n) is 8.12. The lowest BCUT2D eigenvalue weighted by molar-refractivity contribution is 0.0728. The van der Waals surface area contributed by atoms with Crippen molar-refractivity contribution in [2.75, 3.05) is 6.54 Å². The van der Waals surface area contributed by atoms with Crippen molar-refractivity contribution in [3.63, 3.8) is 0 Å². The zero-order chi connectivity index (χ0) is 16.5. The fourth-order valence-electron chi connectivity index (χ4n) is 3.32. The summed E-state index contributed by atoms with van der Waals surface area (Å²) in [5, 5.41) is 8.13. The normalized spacial score (nSPS) is 17.4. The van der Waals surface area contributed by atoms with Crippen molar-refractivity contribution in [1.82, 2.24) is 24.2 Å². The summed E-state index contributed by atoms with van der Waals surface area (Å²) in [7, 11) is 1.92. The van der Waals surface area contributed by atoms with Gasteiger partial charge in [-0.25, -0.2) is 0 Å². The van der Waals surface area contributed by atoms with Gasteiger partial charge in [0.25, 0.3) is 5.91 Å². The van der Waals surface area contributed by atoms with Crippen LogP contribution in [-0.2, 0) is 7.05 Å². The zero-order valence-corrected chi connectivity index (χ0v) is 13.5.